The number of aryl methyl sites for hydroxylation is 1. The molecule has 0 fully saturated rings. The standard InChI is InChI=1S/C18H23NO/c1-5-15(3)19(17-8-6-7-14(2)13-17)16-9-11-18(20-4)12-10-16/h6-13,15H,5H2,1-4H3. The van der Waals surface area contributed by atoms with Crippen LogP contribution in [0.4, 0.5) is 11.4 Å². The highest BCUT2D eigenvalue weighted by Crippen LogP contribution is 2.30. The molecule has 1 atom stereocenters. The van der Waals surface area contributed by atoms with Gasteiger partial charge < -0.3 is 9.64 Å². The lowest BCUT2D eigenvalue weighted by atomic mass is 10.1. The Morgan fingerprint density at radius 3 is 2.30 bits per heavy atom. The van der Waals surface area contributed by atoms with Gasteiger partial charge in [0, 0.05) is 17.4 Å². The maximum absolute atomic E-state index is 5.24. The van der Waals surface area contributed by atoms with E-state index >= 15 is 0 Å². The minimum atomic E-state index is 0.449. The van der Waals surface area contributed by atoms with Gasteiger partial charge in [-0.05, 0) is 62.2 Å². The highest BCUT2D eigenvalue weighted by molar-refractivity contribution is 5.65. The first-order valence-electron chi connectivity index (χ1n) is 7.15. The molecule has 2 rings (SSSR count). The summed E-state index contributed by atoms with van der Waals surface area (Å²) < 4.78 is 5.24. The lowest BCUT2D eigenvalue weighted by Crippen LogP contribution is -2.27. The molecule has 0 heterocycles. The second kappa shape index (κ2) is 6.47. The molecule has 0 saturated carbocycles. The summed E-state index contributed by atoms with van der Waals surface area (Å²) in [4.78, 5) is 2.38. The second-order valence-electron chi connectivity index (χ2n) is 5.16. The molecule has 106 valence electrons. The molecule has 2 heteroatoms. The fourth-order valence-electron chi connectivity index (χ4n) is 2.36. The van der Waals surface area contributed by atoms with Crippen LogP contribution in [0.2, 0.25) is 0 Å². The molecule has 0 spiro atoms. The Balaban J connectivity index is 2.41. The molecular weight excluding hydrogens is 246 g/mol. The van der Waals surface area contributed by atoms with E-state index in [0.717, 1.165) is 12.2 Å². The van der Waals surface area contributed by atoms with Crippen LogP contribution in [0.5, 0.6) is 5.75 Å². The minimum Gasteiger partial charge on any atom is -0.497 e. The Hall–Kier alpha value is -1.96. The van der Waals surface area contributed by atoms with Crippen LogP contribution in [0.15, 0.2) is 48.5 Å². The summed E-state index contributed by atoms with van der Waals surface area (Å²) in [5.74, 6) is 0.891. The number of methoxy groups -OCH3 is 1. The zero-order valence-electron chi connectivity index (χ0n) is 12.8. The third-order valence-corrected chi connectivity index (χ3v) is 3.66. The summed E-state index contributed by atoms with van der Waals surface area (Å²) >= 11 is 0. The zero-order valence-corrected chi connectivity index (χ0v) is 12.8. The zero-order chi connectivity index (χ0) is 14.5. The third-order valence-electron chi connectivity index (χ3n) is 3.66. The van der Waals surface area contributed by atoms with Crippen molar-refractivity contribution < 1.29 is 4.74 Å². The Morgan fingerprint density at radius 2 is 1.75 bits per heavy atom. The number of hydrogen-bond acceptors (Lipinski definition) is 2. The first-order chi connectivity index (χ1) is 9.65. The van der Waals surface area contributed by atoms with Crippen molar-refractivity contribution in [1.82, 2.24) is 0 Å². The Bertz CT molecular complexity index is 548. The predicted molar refractivity (Wildman–Crippen MR) is 86.1 cm³/mol. The minimum absolute atomic E-state index is 0.449. The molecule has 0 N–H and O–H groups in total. The van der Waals surface area contributed by atoms with E-state index in [2.05, 4.69) is 62.1 Å². The molecule has 0 radical (unpaired) electrons. The molecule has 2 aromatic rings. The van der Waals surface area contributed by atoms with Crippen LogP contribution in [0.25, 0.3) is 0 Å². The van der Waals surface area contributed by atoms with Crippen molar-refractivity contribution in [1.29, 1.82) is 0 Å². The van der Waals surface area contributed by atoms with Gasteiger partial charge in [0.05, 0.1) is 7.11 Å². The van der Waals surface area contributed by atoms with Gasteiger partial charge >= 0.3 is 0 Å². The van der Waals surface area contributed by atoms with E-state index in [1.807, 2.05) is 12.1 Å². The summed E-state index contributed by atoms with van der Waals surface area (Å²) in [5, 5.41) is 0. The van der Waals surface area contributed by atoms with Crippen LogP contribution >= 0.6 is 0 Å². The van der Waals surface area contributed by atoms with E-state index in [0.29, 0.717) is 6.04 Å². The second-order valence-corrected chi connectivity index (χ2v) is 5.16. The van der Waals surface area contributed by atoms with Crippen molar-refractivity contribution in [3.8, 4) is 5.75 Å². The van der Waals surface area contributed by atoms with Gasteiger partial charge in [-0.25, -0.2) is 0 Å². The van der Waals surface area contributed by atoms with E-state index in [4.69, 9.17) is 4.74 Å². The van der Waals surface area contributed by atoms with Crippen LogP contribution in [0, 0.1) is 6.92 Å². The molecule has 2 nitrogen and oxygen atoms in total. The maximum Gasteiger partial charge on any atom is 0.119 e. The number of ether oxygens (including phenoxy) is 1. The lowest BCUT2D eigenvalue weighted by Gasteiger charge is -2.31. The average Bonchev–Trinajstić information content (AvgIpc) is 2.48. The largest absolute Gasteiger partial charge is 0.497 e. The quantitative estimate of drug-likeness (QED) is 0.762. The molecule has 0 saturated heterocycles. The van der Waals surface area contributed by atoms with Crippen LogP contribution in [0.3, 0.4) is 0 Å². The van der Waals surface area contributed by atoms with Crippen molar-refractivity contribution in [2.45, 2.75) is 33.2 Å². The summed E-state index contributed by atoms with van der Waals surface area (Å²) in [7, 11) is 1.70. The monoisotopic (exact) mass is 269 g/mol. The topological polar surface area (TPSA) is 12.5 Å². The fraction of sp³-hybridized carbons (Fsp3) is 0.333. The molecule has 20 heavy (non-hydrogen) atoms. The van der Waals surface area contributed by atoms with Gasteiger partial charge in [-0.2, -0.15) is 0 Å². The predicted octanol–water partition coefficient (Wildman–Crippen LogP) is 4.94. The van der Waals surface area contributed by atoms with Gasteiger partial charge in [-0.3, -0.25) is 0 Å². The van der Waals surface area contributed by atoms with Gasteiger partial charge in [0.2, 0.25) is 0 Å². The number of benzene rings is 2. The Kier molecular flexibility index (Phi) is 4.67. The highest BCUT2D eigenvalue weighted by atomic mass is 16.5. The Morgan fingerprint density at radius 1 is 1.05 bits per heavy atom. The average molecular weight is 269 g/mol. The van der Waals surface area contributed by atoms with Crippen molar-refractivity contribution >= 4 is 11.4 Å². The van der Waals surface area contributed by atoms with Crippen molar-refractivity contribution in [3.05, 3.63) is 54.1 Å². The number of nitrogens with zero attached hydrogens (tertiary/aromatic N) is 1. The first kappa shape index (κ1) is 14.4. The molecule has 0 aliphatic heterocycles. The summed E-state index contributed by atoms with van der Waals surface area (Å²) in [5.41, 5.74) is 3.72. The van der Waals surface area contributed by atoms with Crippen molar-refractivity contribution in [2.75, 3.05) is 12.0 Å². The normalized spacial score (nSPS) is 12.0. The summed E-state index contributed by atoms with van der Waals surface area (Å²) in [6, 6.07) is 17.4. The van der Waals surface area contributed by atoms with E-state index in [1.165, 1.54) is 16.9 Å². The molecule has 1 unspecified atom stereocenters. The summed E-state index contributed by atoms with van der Waals surface area (Å²) in [6.45, 7) is 6.61. The molecular formula is C18H23NO. The molecule has 0 aliphatic rings. The van der Waals surface area contributed by atoms with Gasteiger partial charge in [0.25, 0.3) is 0 Å². The molecule has 0 amide bonds. The molecule has 0 aliphatic carbocycles. The highest BCUT2D eigenvalue weighted by Gasteiger charge is 2.15. The van der Waals surface area contributed by atoms with Gasteiger partial charge in [-0.1, -0.05) is 19.1 Å². The van der Waals surface area contributed by atoms with Crippen molar-refractivity contribution in [3.63, 3.8) is 0 Å². The Labute approximate surface area is 122 Å². The number of anilines is 2. The number of rotatable bonds is 5. The van der Waals surface area contributed by atoms with Crippen LogP contribution in [-0.2, 0) is 0 Å². The van der Waals surface area contributed by atoms with Crippen LogP contribution in [0.1, 0.15) is 25.8 Å². The summed E-state index contributed by atoms with van der Waals surface area (Å²) in [6.07, 6.45) is 1.10. The molecule has 0 bridgehead atoms. The SMILES string of the molecule is CCC(C)N(c1ccc(OC)cc1)c1cccc(C)c1. The van der Waals surface area contributed by atoms with E-state index in [1.54, 1.807) is 7.11 Å². The first-order valence-corrected chi connectivity index (χ1v) is 7.15. The lowest BCUT2D eigenvalue weighted by molar-refractivity contribution is 0.415. The van der Waals surface area contributed by atoms with E-state index in [-0.39, 0.29) is 0 Å². The van der Waals surface area contributed by atoms with Gasteiger partial charge in [-0.15, -0.1) is 0 Å². The van der Waals surface area contributed by atoms with Gasteiger partial charge in [0.1, 0.15) is 5.75 Å². The van der Waals surface area contributed by atoms with Crippen LogP contribution < -0.4 is 9.64 Å². The fourth-order valence-corrected chi connectivity index (χ4v) is 2.36. The molecule has 0 aromatic heterocycles. The van der Waals surface area contributed by atoms with E-state index < -0.39 is 0 Å². The maximum atomic E-state index is 5.24. The molecule has 2 aromatic carbocycles. The van der Waals surface area contributed by atoms with Crippen LogP contribution in [-0.4, -0.2) is 13.2 Å². The van der Waals surface area contributed by atoms with E-state index in [9.17, 15) is 0 Å². The van der Waals surface area contributed by atoms with Crippen molar-refractivity contribution in [2.24, 2.45) is 0 Å². The van der Waals surface area contributed by atoms with Gasteiger partial charge in [0.15, 0.2) is 0 Å². The smallest absolute Gasteiger partial charge is 0.119 e. The number of hydrogen-bond donors (Lipinski definition) is 0. The third kappa shape index (κ3) is 3.13.